The van der Waals surface area contributed by atoms with Crippen molar-refractivity contribution in [1.29, 1.82) is 0 Å². The first-order valence-electron chi connectivity index (χ1n) is 6.70. The average molecular weight is 232 g/mol. The molecule has 0 heterocycles. The SMILES string of the molecule is CC(CN)N(C)CC1CCCc2ccccc21. The van der Waals surface area contributed by atoms with Crippen molar-refractivity contribution < 1.29 is 0 Å². The summed E-state index contributed by atoms with van der Waals surface area (Å²) in [4.78, 5) is 2.40. The van der Waals surface area contributed by atoms with Crippen molar-refractivity contribution in [3.05, 3.63) is 35.4 Å². The van der Waals surface area contributed by atoms with Crippen LogP contribution in [-0.4, -0.2) is 31.1 Å². The Hall–Kier alpha value is -0.860. The first-order valence-corrected chi connectivity index (χ1v) is 6.70. The maximum atomic E-state index is 5.73. The van der Waals surface area contributed by atoms with Crippen LogP contribution < -0.4 is 5.73 Å². The minimum Gasteiger partial charge on any atom is -0.329 e. The highest BCUT2D eigenvalue weighted by Gasteiger charge is 2.22. The van der Waals surface area contributed by atoms with Gasteiger partial charge in [-0.3, -0.25) is 0 Å². The maximum Gasteiger partial charge on any atom is 0.0187 e. The Morgan fingerprint density at radius 1 is 1.41 bits per heavy atom. The number of likely N-dealkylation sites (N-methyl/N-ethyl adjacent to an activating group) is 1. The van der Waals surface area contributed by atoms with Crippen LogP contribution in [0.5, 0.6) is 0 Å². The molecule has 2 heteroatoms. The van der Waals surface area contributed by atoms with Gasteiger partial charge in [0.05, 0.1) is 0 Å². The summed E-state index contributed by atoms with van der Waals surface area (Å²) in [5.74, 6) is 0.693. The molecule has 0 saturated heterocycles. The number of fused-ring (bicyclic) bond motifs is 1. The summed E-state index contributed by atoms with van der Waals surface area (Å²) in [6.45, 7) is 4.08. The average Bonchev–Trinajstić information content (AvgIpc) is 2.38. The van der Waals surface area contributed by atoms with Gasteiger partial charge >= 0.3 is 0 Å². The Bertz CT molecular complexity index is 362. The van der Waals surface area contributed by atoms with Crippen LogP contribution in [0.2, 0.25) is 0 Å². The molecular formula is C15H24N2. The standard InChI is InChI=1S/C15H24N2/c1-12(10-16)17(2)11-14-8-5-7-13-6-3-4-9-15(13)14/h3-4,6,9,12,14H,5,7-8,10-11,16H2,1-2H3. The van der Waals surface area contributed by atoms with Gasteiger partial charge in [0.15, 0.2) is 0 Å². The fraction of sp³-hybridized carbons (Fsp3) is 0.600. The van der Waals surface area contributed by atoms with Crippen LogP contribution >= 0.6 is 0 Å². The van der Waals surface area contributed by atoms with Crippen molar-refractivity contribution in [3.63, 3.8) is 0 Å². The smallest absolute Gasteiger partial charge is 0.0187 e. The molecule has 2 nitrogen and oxygen atoms in total. The lowest BCUT2D eigenvalue weighted by Crippen LogP contribution is -2.38. The summed E-state index contributed by atoms with van der Waals surface area (Å²) in [6, 6.07) is 9.40. The second kappa shape index (κ2) is 5.65. The van der Waals surface area contributed by atoms with Crippen molar-refractivity contribution in [2.75, 3.05) is 20.1 Å². The Morgan fingerprint density at radius 3 is 2.94 bits per heavy atom. The highest BCUT2D eigenvalue weighted by Crippen LogP contribution is 2.31. The van der Waals surface area contributed by atoms with Crippen LogP contribution in [0.15, 0.2) is 24.3 Å². The lowest BCUT2D eigenvalue weighted by atomic mass is 9.82. The monoisotopic (exact) mass is 232 g/mol. The second-order valence-corrected chi connectivity index (χ2v) is 5.31. The van der Waals surface area contributed by atoms with Gasteiger partial charge in [0.1, 0.15) is 0 Å². The van der Waals surface area contributed by atoms with Crippen molar-refractivity contribution in [1.82, 2.24) is 4.90 Å². The third kappa shape index (κ3) is 2.88. The molecule has 0 radical (unpaired) electrons. The highest BCUT2D eigenvalue weighted by molar-refractivity contribution is 5.32. The van der Waals surface area contributed by atoms with Crippen molar-refractivity contribution in [2.24, 2.45) is 5.73 Å². The number of hydrogen-bond acceptors (Lipinski definition) is 2. The van der Waals surface area contributed by atoms with E-state index in [4.69, 9.17) is 5.73 Å². The Kier molecular flexibility index (Phi) is 4.19. The quantitative estimate of drug-likeness (QED) is 0.863. The Labute approximate surface area is 105 Å². The zero-order valence-corrected chi connectivity index (χ0v) is 11.0. The normalized spacial score (nSPS) is 21.3. The topological polar surface area (TPSA) is 29.3 Å². The molecule has 1 aliphatic carbocycles. The third-order valence-electron chi connectivity index (χ3n) is 4.10. The van der Waals surface area contributed by atoms with Crippen molar-refractivity contribution >= 4 is 0 Å². The van der Waals surface area contributed by atoms with Crippen LogP contribution in [0.3, 0.4) is 0 Å². The zero-order chi connectivity index (χ0) is 12.3. The molecule has 1 aromatic rings. The van der Waals surface area contributed by atoms with Crippen molar-refractivity contribution in [2.45, 2.75) is 38.1 Å². The largest absolute Gasteiger partial charge is 0.329 e. The van der Waals surface area contributed by atoms with E-state index >= 15 is 0 Å². The molecule has 17 heavy (non-hydrogen) atoms. The van der Waals surface area contributed by atoms with Crippen LogP contribution in [-0.2, 0) is 6.42 Å². The molecule has 0 spiro atoms. The lowest BCUT2D eigenvalue weighted by molar-refractivity contribution is 0.238. The zero-order valence-electron chi connectivity index (χ0n) is 11.0. The number of hydrogen-bond donors (Lipinski definition) is 1. The van der Waals surface area contributed by atoms with Gasteiger partial charge < -0.3 is 10.6 Å². The molecule has 2 N–H and O–H groups in total. The van der Waals surface area contributed by atoms with Crippen LogP contribution in [0, 0.1) is 0 Å². The minimum atomic E-state index is 0.476. The summed E-state index contributed by atoms with van der Waals surface area (Å²) >= 11 is 0. The molecule has 0 amide bonds. The molecule has 2 rings (SSSR count). The molecular weight excluding hydrogens is 208 g/mol. The molecule has 0 bridgehead atoms. The molecule has 1 aromatic carbocycles. The van der Waals surface area contributed by atoms with E-state index < -0.39 is 0 Å². The fourth-order valence-corrected chi connectivity index (χ4v) is 2.75. The Balaban J connectivity index is 2.08. The van der Waals surface area contributed by atoms with Gasteiger partial charge in [0.2, 0.25) is 0 Å². The van der Waals surface area contributed by atoms with Gasteiger partial charge in [-0.15, -0.1) is 0 Å². The first kappa shape index (κ1) is 12.6. The molecule has 0 saturated carbocycles. The summed E-state index contributed by atoms with van der Waals surface area (Å²) in [6.07, 6.45) is 3.90. The number of aryl methyl sites for hydroxylation is 1. The molecule has 0 aliphatic heterocycles. The van der Waals surface area contributed by atoms with Crippen LogP contribution in [0.1, 0.15) is 36.8 Å². The van der Waals surface area contributed by atoms with E-state index in [-0.39, 0.29) is 0 Å². The Morgan fingerprint density at radius 2 is 2.18 bits per heavy atom. The molecule has 0 fully saturated rings. The predicted molar refractivity (Wildman–Crippen MR) is 73.3 cm³/mol. The van der Waals surface area contributed by atoms with E-state index in [1.165, 1.54) is 19.3 Å². The summed E-state index contributed by atoms with van der Waals surface area (Å²) < 4.78 is 0. The first-order chi connectivity index (χ1) is 8.22. The van der Waals surface area contributed by atoms with Crippen molar-refractivity contribution in [3.8, 4) is 0 Å². The van der Waals surface area contributed by atoms with Crippen LogP contribution in [0.4, 0.5) is 0 Å². The van der Waals surface area contributed by atoms with Gasteiger partial charge in [-0.1, -0.05) is 24.3 Å². The van der Waals surface area contributed by atoms with Gasteiger partial charge in [-0.25, -0.2) is 0 Å². The summed E-state index contributed by atoms with van der Waals surface area (Å²) in [5, 5.41) is 0. The van der Waals surface area contributed by atoms with E-state index in [1.54, 1.807) is 11.1 Å². The van der Waals surface area contributed by atoms with Gasteiger partial charge in [0.25, 0.3) is 0 Å². The molecule has 1 aliphatic rings. The summed E-state index contributed by atoms with van der Waals surface area (Å²) in [7, 11) is 2.19. The fourth-order valence-electron chi connectivity index (χ4n) is 2.75. The predicted octanol–water partition coefficient (Wildman–Crippen LogP) is 2.39. The van der Waals surface area contributed by atoms with Gasteiger partial charge in [-0.2, -0.15) is 0 Å². The van der Waals surface area contributed by atoms with Crippen LogP contribution in [0.25, 0.3) is 0 Å². The minimum absolute atomic E-state index is 0.476. The molecule has 94 valence electrons. The van der Waals surface area contributed by atoms with E-state index in [2.05, 4.69) is 43.1 Å². The van der Waals surface area contributed by atoms with E-state index in [0.29, 0.717) is 12.0 Å². The van der Waals surface area contributed by atoms with E-state index in [9.17, 15) is 0 Å². The number of benzene rings is 1. The number of nitrogens with two attached hydrogens (primary N) is 1. The van der Waals surface area contributed by atoms with Gasteiger partial charge in [0, 0.05) is 19.1 Å². The highest BCUT2D eigenvalue weighted by atomic mass is 15.1. The second-order valence-electron chi connectivity index (χ2n) is 5.31. The lowest BCUT2D eigenvalue weighted by Gasteiger charge is -2.32. The van der Waals surface area contributed by atoms with E-state index in [1.807, 2.05) is 0 Å². The van der Waals surface area contributed by atoms with E-state index in [0.717, 1.165) is 13.1 Å². The van der Waals surface area contributed by atoms with Gasteiger partial charge in [-0.05, 0) is 50.3 Å². The third-order valence-corrected chi connectivity index (χ3v) is 4.10. The molecule has 2 atom stereocenters. The maximum absolute atomic E-state index is 5.73. The number of nitrogens with zero attached hydrogens (tertiary/aromatic N) is 1. The number of rotatable bonds is 4. The molecule has 2 unspecified atom stereocenters. The summed E-state index contributed by atoms with van der Waals surface area (Å²) in [5.41, 5.74) is 8.85. The molecule has 0 aromatic heterocycles.